The Kier molecular flexibility index (Phi) is 7.59. The van der Waals surface area contributed by atoms with E-state index in [-0.39, 0.29) is 18.3 Å². The lowest BCUT2D eigenvalue weighted by Crippen LogP contribution is -2.26. The van der Waals surface area contributed by atoms with Gasteiger partial charge in [-0.05, 0) is 55.5 Å². The molecule has 0 atom stereocenters. The highest BCUT2D eigenvalue weighted by Crippen LogP contribution is 2.29. The zero-order valence-corrected chi connectivity index (χ0v) is 15.0. The number of unbranched alkanes of at least 4 members (excludes halogenated alkanes) is 1. The van der Waals surface area contributed by atoms with Crippen molar-refractivity contribution in [1.82, 2.24) is 5.32 Å². The minimum absolute atomic E-state index is 0. The minimum Gasteiger partial charge on any atom is -0.464 e. The summed E-state index contributed by atoms with van der Waals surface area (Å²) < 4.78 is 5.61. The monoisotopic (exact) mass is 338 g/mol. The summed E-state index contributed by atoms with van der Waals surface area (Å²) >= 11 is 0. The Balaban J connectivity index is 0.00000264. The predicted molar refractivity (Wildman–Crippen MR) is 97.3 cm³/mol. The van der Waals surface area contributed by atoms with Crippen molar-refractivity contribution >= 4 is 29.3 Å². The second-order valence-electron chi connectivity index (χ2n) is 6.14. The van der Waals surface area contributed by atoms with Crippen molar-refractivity contribution in [2.75, 3.05) is 13.1 Å². The van der Waals surface area contributed by atoms with Crippen molar-refractivity contribution in [3.05, 3.63) is 35.1 Å². The van der Waals surface area contributed by atoms with E-state index in [9.17, 15) is 4.79 Å². The molecular formula is C18H27ClN2O2. The highest BCUT2D eigenvalue weighted by atomic mass is 35.5. The molecule has 5 heteroatoms. The molecule has 0 saturated carbocycles. The number of nitrogens with one attached hydrogen (secondary N) is 1. The van der Waals surface area contributed by atoms with E-state index in [1.54, 1.807) is 6.26 Å². The van der Waals surface area contributed by atoms with Crippen molar-refractivity contribution in [2.45, 2.75) is 46.0 Å². The smallest absolute Gasteiger partial charge is 0.224 e. The number of rotatable bonds is 7. The number of carbonyl (C=O) groups excluding carboxylic acids is 1. The van der Waals surface area contributed by atoms with Gasteiger partial charge >= 0.3 is 0 Å². The van der Waals surface area contributed by atoms with E-state index in [1.165, 1.54) is 11.1 Å². The average molecular weight is 339 g/mol. The van der Waals surface area contributed by atoms with Crippen molar-refractivity contribution in [3.63, 3.8) is 0 Å². The van der Waals surface area contributed by atoms with E-state index in [4.69, 9.17) is 10.2 Å². The Hall–Kier alpha value is -1.52. The fourth-order valence-electron chi connectivity index (χ4n) is 2.74. The zero-order chi connectivity index (χ0) is 16.1. The summed E-state index contributed by atoms with van der Waals surface area (Å²) in [7, 11) is 0. The quantitative estimate of drug-likeness (QED) is 0.756. The molecular weight excluding hydrogens is 312 g/mol. The molecule has 4 nitrogen and oxygen atoms in total. The summed E-state index contributed by atoms with van der Waals surface area (Å²) in [5.74, 6) is 0.489. The van der Waals surface area contributed by atoms with Gasteiger partial charge in [-0.15, -0.1) is 12.4 Å². The zero-order valence-electron chi connectivity index (χ0n) is 14.1. The number of amides is 1. The standard InChI is InChI=1S/C18H26N2O2.ClH/c1-12(2)15-10-16-14(11-22-17(16)8-13(15)3)9-18(21)20-7-5-4-6-19;/h8,10-12H,4-7,9,19H2,1-3H3,(H,20,21);1H. The number of carbonyl (C=O) groups is 1. The van der Waals surface area contributed by atoms with Crippen LogP contribution in [0.25, 0.3) is 11.0 Å². The maximum atomic E-state index is 12.0. The minimum atomic E-state index is 0. The van der Waals surface area contributed by atoms with Gasteiger partial charge < -0.3 is 15.5 Å². The molecule has 1 aromatic heterocycles. The van der Waals surface area contributed by atoms with Gasteiger partial charge in [0.15, 0.2) is 0 Å². The van der Waals surface area contributed by atoms with E-state index in [0.717, 1.165) is 29.4 Å². The Labute approximate surface area is 144 Å². The normalized spacial score (nSPS) is 10.8. The first-order valence-corrected chi connectivity index (χ1v) is 8.00. The number of hydrogen-bond donors (Lipinski definition) is 2. The van der Waals surface area contributed by atoms with Gasteiger partial charge in [-0.3, -0.25) is 4.79 Å². The number of hydrogen-bond acceptors (Lipinski definition) is 3. The first kappa shape index (κ1) is 19.5. The van der Waals surface area contributed by atoms with Gasteiger partial charge in [0.1, 0.15) is 5.58 Å². The van der Waals surface area contributed by atoms with Gasteiger partial charge in [-0.2, -0.15) is 0 Å². The molecule has 2 aromatic rings. The molecule has 23 heavy (non-hydrogen) atoms. The average Bonchev–Trinajstić information content (AvgIpc) is 2.84. The van der Waals surface area contributed by atoms with Crippen LogP contribution in [0, 0.1) is 6.92 Å². The lowest BCUT2D eigenvalue weighted by molar-refractivity contribution is -0.120. The molecule has 1 aromatic carbocycles. The number of halogens is 1. The van der Waals surface area contributed by atoms with Crippen LogP contribution in [0.15, 0.2) is 22.8 Å². The molecule has 0 fully saturated rings. The summed E-state index contributed by atoms with van der Waals surface area (Å²) in [5.41, 5.74) is 9.78. The molecule has 0 spiro atoms. The van der Waals surface area contributed by atoms with Crippen molar-refractivity contribution in [3.8, 4) is 0 Å². The molecule has 0 radical (unpaired) electrons. The number of fused-ring (bicyclic) bond motifs is 1. The number of aryl methyl sites for hydroxylation is 1. The van der Waals surface area contributed by atoms with E-state index in [1.807, 2.05) is 0 Å². The Bertz CT molecular complexity index is 650. The summed E-state index contributed by atoms with van der Waals surface area (Å²) in [4.78, 5) is 12.0. The van der Waals surface area contributed by atoms with E-state index in [2.05, 4.69) is 38.2 Å². The molecule has 1 amide bonds. The van der Waals surface area contributed by atoms with Gasteiger partial charge in [0.25, 0.3) is 0 Å². The number of benzene rings is 1. The van der Waals surface area contributed by atoms with E-state index < -0.39 is 0 Å². The van der Waals surface area contributed by atoms with Crippen LogP contribution < -0.4 is 11.1 Å². The Morgan fingerprint density at radius 2 is 2.04 bits per heavy atom. The van der Waals surface area contributed by atoms with Gasteiger partial charge in [0.05, 0.1) is 12.7 Å². The highest BCUT2D eigenvalue weighted by molar-refractivity contribution is 5.88. The summed E-state index contributed by atoms with van der Waals surface area (Å²) in [5, 5.41) is 3.98. The third kappa shape index (κ3) is 4.98. The molecule has 2 rings (SSSR count). The molecule has 1 heterocycles. The molecule has 0 unspecified atom stereocenters. The molecule has 3 N–H and O–H groups in total. The molecule has 0 bridgehead atoms. The molecule has 0 saturated heterocycles. The molecule has 0 aliphatic rings. The predicted octanol–water partition coefficient (Wildman–Crippen LogP) is 3.68. The SMILES string of the molecule is Cc1cc2occ(CC(=O)NCCCCN)c2cc1C(C)C.Cl. The van der Waals surface area contributed by atoms with Crippen molar-refractivity contribution < 1.29 is 9.21 Å². The molecule has 0 aliphatic heterocycles. The second kappa shape index (κ2) is 8.94. The van der Waals surface area contributed by atoms with Crippen LogP contribution in [-0.4, -0.2) is 19.0 Å². The topological polar surface area (TPSA) is 68.3 Å². The fourth-order valence-corrected chi connectivity index (χ4v) is 2.74. The lowest BCUT2D eigenvalue weighted by atomic mass is 9.95. The van der Waals surface area contributed by atoms with E-state index >= 15 is 0 Å². The summed E-state index contributed by atoms with van der Waals surface area (Å²) in [6.07, 6.45) is 3.92. The van der Waals surface area contributed by atoms with Crippen LogP contribution in [0.4, 0.5) is 0 Å². The maximum absolute atomic E-state index is 12.0. The van der Waals surface area contributed by atoms with Crippen LogP contribution in [0.5, 0.6) is 0 Å². The first-order chi connectivity index (χ1) is 10.5. The number of nitrogens with two attached hydrogens (primary N) is 1. The van der Waals surface area contributed by atoms with Gasteiger partial charge in [-0.25, -0.2) is 0 Å². The van der Waals surface area contributed by atoms with E-state index in [0.29, 0.717) is 25.4 Å². The van der Waals surface area contributed by atoms with Crippen LogP contribution in [0.1, 0.15) is 49.3 Å². The number of furan rings is 1. The van der Waals surface area contributed by atoms with Crippen LogP contribution in [-0.2, 0) is 11.2 Å². The molecule has 0 aliphatic carbocycles. The lowest BCUT2D eigenvalue weighted by Gasteiger charge is -2.10. The van der Waals surface area contributed by atoms with Gasteiger partial charge in [0.2, 0.25) is 5.91 Å². The Morgan fingerprint density at radius 1 is 1.30 bits per heavy atom. The highest BCUT2D eigenvalue weighted by Gasteiger charge is 2.13. The first-order valence-electron chi connectivity index (χ1n) is 8.00. The van der Waals surface area contributed by atoms with Crippen molar-refractivity contribution in [1.29, 1.82) is 0 Å². The summed E-state index contributed by atoms with van der Waals surface area (Å²) in [6.45, 7) is 7.80. The third-order valence-corrected chi connectivity index (χ3v) is 3.97. The third-order valence-electron chi connectivity index (χ3n) is 3.97. The fraction of sp³-hybridized carbons (Fsp3) is 0.500. The van der Waals surface area contributed by atoms with Crippen LogP contribution in [0.3, 0.4) is 0 Å². The van der Waals surface area contributed by atoms with Crippen LogP contribution >= 0.6 is 12.4 Å². The summed E-state index contributed by atoms with van der Waals surface area (Å²) in [6, 6.07) is 4.23. The second-order valence-corrected chi connectivity index (χ2v) is 6.14. The molecule has 128 valence electrons. The Morgan fingerprint density at radius 3 is 2.70 bits per heavy atom. The van der Waals surface area contributed by atoms with Gasteiger partial charge in [0, 0.05) is 17.5 Å². The van der Waals surface area contributed by atoms with Crippen molar-refractivity contribution in [2.24, 2.45) is 5.73 Å². The van der Waals surface area contributed by atoms with Gasteiger partial charge in [-0.1, -0.05) is 13.8 Å². The largest absolute Gasteiger partial charge is 0.464 e. The van der Waals surface area contributed by atoms with Crippen LogP contribution in [0.2, 0.25) is 0 Å². The maximum Gasteiger partial charge on any atom is 0.224 e.